The number of carbonyl (C=O) groups is 2. The van der Waals surface area contributed by atoms with Crippen LogP contribution < -0.4 is 5.32 Å². The topological polar surface area (TPSA) is 71.5 Å². The molecule has 2 fully saturated rings. The molecule has 6 nitrogen and oxygen atoms in total. The summed E-state index contributed by atoms with van der Waals surface area (Å²) in [4.78, 5) is 30.4. The van der Waals surface area contributed by atoms with Crippen LogP contribution in [-0.4, -0.2) is 48.0 Å². The maximum atomic E-state index is 12.5. The predicted molar refractivity (Wildman–Crippen MR) is 95.3 cm³/mol. The molecule has 1 amide bonds. The molecule has 1 saturated carbocycles. The molecule has 2 atom stereocenters. The third-order valence-electron chi connectivity index (χ3n) is 5.40. The average Bonchev–Trinajstić information content (AvgIpc) is 3.10. The number of likely N-dealkylation sites (tertiary alicyclic amines) is 1. The van der Waals surface area contributed by atoms with Crippen molar-refractivity contribution in [3.8, 4) is 0 Å². The highest BCUT2D eigenvalue weighted by Crippen LogP contribution is 2.28. The predicted octanol–water partition coefficient (Wildman–Crippen LogP) is 2.71. The number of anilines is 1. The normalized spacial score (nSPS) is 24.2. The number of rotatable bonds is 4. The Labute approximate surface area is 148 Å². The fraction of sp³-hybridized carbons (Fsp3) is 0.632. The number of methoxy groups -OCH3 is 1. The van der Waals surface area contributed by atoms with Gasteiger partial charge in [-0.25, -0.2) is 4.98 Å². The number of nitrogens with one attached hydrogen (secondary N) is 1. The van der Waals surface area contributed by atoms with Gasteiger partial charge in [0.15, 0.2) is 0 Å². The molecule has 0 spiro atoms. The Morgan fingerprint density at radius 2 is 1.96 bits per heavy atom. The third-order valence-corrected chi connectivity index (χ3v) is 5.40. The van der Waals surface area contributed by atoms with Gasteiger partial charge in [0.25, 0.3) is 5.91 Å². The highest BCUT2D eigenvalue weighted by Gasteiger charge is 2.30. The molecule has 1 aromatic heterocycles. The standard InChI is InChI=1S/C19H27N3O3/c1-13-7-9-22(10-8-13)18(23)15-4-6-17(20-12-15)21-16-5-3-14(11-16)19(24)25-2/h4,6,12-14,16H,3,5,7-11H2,1-2H3,(H,20,21)/t14-,16+/m0/s1. The van der Waals surface area contributed by atoms with Crippen LogP contribution in [-0.2, 0) is 9.53 Å². The van der Waals surface area contributed by atoms with Crippen molar-refractivity contribution in [3.05, 3.63) is 23.9 Å². The fourth-order valence-corrected chi connectivity index (χ4v) is 3.70. The number of esters is 1. The van der Waals surface area contributed by atoms with E-state index in [0.29, 0.717) is 11.5 Å². The number of pyridine rings is 1. The van der Waals surface area contributed by atoms with Gasteiger partial charge < -0.3 is 15.0 Å². The van der Waals surface area contributed by atoms with Gasteiger partial charge in [0.05, 0.1) is 18.6 Å². The first-order chi connectivity index (χ1) is 12.1. The molecule has 0 aromatic carbocycles. The molecular formula is C19H27N3O3. The molecular weight excluding hydrogens is 318 g/mol. The van der Waals surface area contributed by atoms with Gasteiger partial charge in [-0.15, -0.1) is 0 Å². The summed E-state index contributed by atoms with van der Waals surface area (Å²) < 4.78 is 4.81. The molecule has 0 unspecified atom stereocenters. The molecule has 3 rings (SSSR count). The summed E-state index contributed by atoms with van der Waals surface area (Å²) in [7, 11) is 1.43. The maximum Gasteiger partial charge on any atom is 0.308 e. The molecule has 1 aliphatic carbocycles. The largest absolute Gasteiger partial charge is 0.469 e. The number of ether oxygens (including phenoxy) is 1. The van der Waals surface area contributed by atoms with Crippen molar-refractivity contribution in [3.63, 3.8) is 0 Å². The van der Waals surface area contributed by atoms with E-state index in [0.717, 1.165) is 51.0 Å². The van der Waals surface area contributed by atoms with Crippen LogP contribution in [0.25, 0.3) is 0 Å². The average molecular weight is 345 g/mol. The second kappa shape index (κ2) is 7.85. The van der Waals surface area contributed by atoms with E-state index >= 15 is 0 Å². The van der Waals surface area contributed by atoms with E-state index in [1.807, 2.05) is 17.0 Å². The van der Waals surface area contributed by atoms with Gasteiger partial charge in [-0.2, -0.15) is 0 Å². The van der Waals surface area contributed by atoms with Crippen molar-refractivity contribution in [1.82, 2.24) is 9.88 Å². The van der Waals surface area contributed by atoms with Crippen LogP contribution in [0, 0.1) is 11.8 Å². The van der Waals surface area contributed by atoms with E-state index < -0.39 is 0 Å². The Bertz CT molecular complexity index is 609. The number of nitrogens with zero attached hydrogens (tertiary/aromatic N) is 2. The molecule has 1 aromatic rings. The van der Waals surface area contributed by atoms with Gasteiger partial charge in [0, 0.05) is 25.3 Å². The fourth-order valence-electron chi connectivity index (χ4n) is 3.70. The Morgan fingerprint density at radius 3 is 2.60 bits per heavy atom. The minimum Gasteiger partial charge on any atom is -0.469 e. The van der Waals surface area contributed by atoms with E-state index in [1.54, 1.807) is 6.20 Å². The van der Waals surface area contributed by atoms with E-state index in [1.165, 1.54) is 7.11 Å². The Morgan fingerprint density at radius 1 is 1.20 bits per heavy atom. The van der Waals surface area contributed by atoms with Crippen molar-refractivity contribution in [2.24, 2.45) is 11.8 Å². The summed E-state index contributed by atoms with van der Waals surface area (Å²) in [6, 6.07) is 3.91. The molecule has 25 heavy (non-hydrogen) atoms. The van der Waals surface area contributed by atoms with Crippen LogP contribution >= 0.6 is 0 Å². The van der Waals surface area contributed by atoms with Crippen molar-refractivity contribution < 1.29 is 14.3 Å². The summed E-state index contributed by atoms with van der Waals surface area (Å²) in [5, 5.41) is 3.36. The van der Waals surface area contributed by atoms with Gasteiger partial charge >= 0.3 is 5.97 Å². The Kier molecular flexibility index (Phi) is 5.56. The highest BCUT2D eigenvalue weighted by atomic mass is 16.5. The zero-order valence-corrected chi connectivity index (χ0v) is 15.0. The van der Waals surface area contributed by atoms with Crippen LogP contribution in [0.2, 0.25) is 0 Å². The van der Waals surface area contributed by atoms with Crippen molar-refractivity contribution in [2.45, 2.75) is 45.1 Å². The monoisotopic (exact) mass is 345 g/mol. The molecule has 2 heterocycles. The number of carbonyl (C=O) groups excluding carboxylic acids is 2. The molecule has 0 bridgehead atoms. The van der Waals surface area contributed by atoms with Crippen molar-refractivity contribution in [1.29, 1.82) is 0 Å². The molecule has 2 aliphatic rings. The number of piperidine rings is 1. The second-order valence-electron chi connectivity index (χ2n) is 7.28. The van der Waals surface area contributed by atoms with Crippen LogP contribution in [0.3, 0.4) is 0 Å². The Balaban J connectivity index is 1.54. The summed E-state index contributed by atoms with van der Waals surface area (Å²) in [5.74, 6) is 1.37. The molecule has 1 N–H and O–H groups in total. The molecule has 0 radical (unpaired) electrons. The smallest absolute Gasteiger partial charge is 0.308 e. The maximum absolute atomic E-state index is 12.5. The van der Waals surface area contributed by atoms with Gasteiger partial charge in [-0.05, 0) is 50.2 Å². The summed E-state index contributed by atoms with van der Waals surface area (Å²) >= 11 is 0. The number of hydrogen-bond acceptors (Lipinski definition) is 5. The zero-order chi connectivity index (χ0) is 17.8. The van der Waals surface area contributed by atoms with Crippen molar-refractivity contribution in [2.75, 3.05) is 25.5 Å². The third kappa shape index (κ3) is 4.30. The molecule has 1 aliphatic heterocycles. The van der Waals surface area contributed by atoms with Crippen LogP contribution in [0.4, 0.5) is 5.82 Å². The van der Waals surface area contributed by atoms with Gasteiger partial charge in [-0.1, -0.05) is 6.92 Å². The summed E-state index contributed by atoms with van der Waals surface area (Å²) in [6.45, 7) is 3.89. The van der Waals surface area contributed by atoms with E-state index in [-0.39, 0.29) is 23.8 Å². The lowest BCUT2D eigenvalue weighted by Crippen LogP contribution is -2.37. The van der Waals surface area contributed by atoms with E-state index in [2.05, 4.69) is 17.2 Å². The van der Waals surface area contributed by atoms with Crippen LogP contribution in [0.5, 0.6) is 0 Å². The lowest BCUT2D eigenvalue weighted by atomic mass is 9.99. The van der Waals surface area contributed by atoms with Gasteiger partial charge in [-0.3, -0.25) is 9.59 Å². The van der Waals surface area contributed by atoms with E-state index in [9.17, 15) is 9.59 Å². The quantitative estimate of drug-likeness (QED) is 0.850. The first-order valence-corrected chi connectivity index (χ1v) is 9.16. The second-order valence-corrected chi connectivity index (χ2v) is 7.28. The highest BCUT2D eigenvalue weighted by molar-refractivity contribution is 5.94. The van der Waals surface area contributed by atoms with Crippen LogP contribution in [0.1, 0.15) is 49.4 Å². The lowest BCUT2D eigenvalue weighted by Gasteiger charge is -2.30. The minimum atomic E-state index is -0.131. The SMILES string of the molecule is COC(=O)[C@H]1CC[C@@H](Nc2ccc(C(=O)N3CCC(C)CC3)cn2)C1. The summed E-state index contributed by atoms with van der Waals surface area (Å²) in [6.07, 6.45) is 6.32. The van der Waals surface area contributed by atoms with Crippen LogP contribution in [0.15, 0.2) is 18.3 Å². The van der Waals surface area contributed by atoms with Gasteiger partial charge in [0.2, 0.25) is 0 Å². The Hall–Kier alpha value is -2.11. The number of amides is 1. The molecule has 6 heteroatoms. The van der Waals surface area contributed by atoms with E-state index in [4.69, 9.17) is 4.74 Å². The molecule has 136 valence electrons. The number of hydrogen-bond donors (Lipinski definition) is 1. The summed E-state index contributed by atoms with van der Waals surface area (Å²) in [5.41, 5.74) is 0.638. The van der Waals surface area contributed by atoms with Crippen molar-refractivity contribution >= 4 is 17.7 Å². The first kappa shape index (κ1) is 17.7. The number of aromatic nitrogens is 1. The first-order valence-electron chi connectivity index (χ1n) is 9.16. The minimum absolute atomic E-state index is 0.0233. The zero-order valence-electron chi connectivity index (χ0n) is 15.0. The molecule has 1 saturated heterocycles. The lowest BCUT2D eigenvalue weighted by molar-refractivity contribution is -0.145. The van der Waals surface area contributed by atoms with Gasteiger partial charge in [0.1, 0.15) is 5.82 Å².